The number of amides is 2. The van der Waals surface area contributed by atoms with E-state index in [-0.39, 0.29) is 11.7 Å². The number of nitrogens with zero attached hydrogens (tertiary/aromatic N) is 2. The van der Waals surface area contributed by atoms with Gasteiger partial charge >= 0.3 is 0 Å². The fourth-order valence-electron chi connectivity index (χ4n) is 2.49. The third kappa shape index (κ3) is 3.67. The van der Waals surface area contributed by atoms with E-state index in [4.69, 9.17) is 0 Å². The van der Waals surface area contributed by atoms with Gasteiger partial charge in [0.1, 0.15) is 17.8 Å². The monoisotopic (exact) mass is 317 g/mol. The molecule has 1 aromatic carbocycles. The second-order valence-corrected chi connectivity index (χ2v) is 6.74. The van der Waals surface area contributed by atoms with Crippen LogP contribution in [0.4, 0.5) is 10.1 Å². The highest BCUT2D eigenvalue weighted by molar-refractivity contribution is 6.09. The predicted octanol–water partition coefficient (Wildman–Crippen LogP) is 2.23. The summed E-state index contributed by atoms with van der Waals surface area (Å²) in [6, 6.07) is 6.99. The van der Waals surface area contributed by atoms with Crippen molar-refractivity contribution in [3.8, 4) is 6.07 Å². The molecule has 2 amide bonds. The third-order valence-corrected chi connectivity index (χ3v) is 3.94. The Morgan fingerprint density at radius 3 is 2.52 bits per heavy atom. The summed E-state index contributed by atoms with van der Waals surface area (Å²) < 4.78 is 13.0. The van der Waals surface area contributed by atoms with Crippen molar-refractivity contribution in [2.24, 2.45) is 11.3 Å². The highest BCUT2D eigenvalue weighted by Gasteiger charge is 2.39. The van der Waals surface area contributed by atoms with E-state index in [0.717, 1.165) is 0 Å². The summed E-state index contributed by atoms with van der Waals surface area (Å²) in [7, 11) is 0. The van der Waals surface area contributed by atoms with Gasteiger partial charge in [-0.3, -0.25) is 9.59 Å². The van der Waals surface area contributed by atoms with E-state index < -0.39 is 23.3 Å². The largest absolute Gasteiger partial charge is 0.339 e. The summed E-state index contributed by atoms with van der Waals surface area (Å²) in [5, 5.41) is 11.8. The highest BCUT2D eigenvalue weighted by atomic mass is 19.1. The fraction of sp³-hybridized carbons (Fsp3) is 0.471. The molecule has 2 atom stereocenters. The first-order valence-electron chi connectivity index (χ1n) is 7.51. The molecule has 122 valence electrons. The van der Waals surface area contributed by atoms with E-state index in [1.807, 2.05) is 20.8 Å². The first-order valence-corrected chi connectivity index (χ1v) is 7.51. The second kappa shape index (κ2) is 6.37. The molecule has 1 aromatic rings. The normalized spacial score (nSPS) is 19.3. The maximum Gasteiger partial charge on any atom is 0.239 e. The molecule has 0 bridgehead atoms. The summed E-state index contributed by atoms with van der Waals surface area (Å²) >= 11 is 0. The number of hydrogen-bond acceptors (Lipinski definition) is 3. The lowest BCUT2D eigenvalue weighted by atomic mass is 9.87. The number of benzene rings is 1. The van der Waals surface area contributed by atoms with Gasteiger partial charge in [-0.05, 0) is 36.1 Å². The first-order chi connectivity index (χ1) is 10.7. The Bertz CT molecular complexity index is 643. The zero-order valence-electron chi connectivity index (χ0n) is 13.5. The van der Waals surface area contributed by atoms with Gasteiger partial charge < -0.3 is 10.2 Å². The van der Waals surface area contributed by atoms with Gasteiger partial charge in [0.05, 0.1) is 6.07 Å². The SMILES string of the molecule is CC(C)(C)C(C#N)NC(=O)C1CCN(c2ccc(F)cc2)C1=O. The van der Waals surface area contributed by atoms with Crippen molar-refractivity contribution in [2.45, 2.75) is 33.2 Å². The van der Waals surface area contributed by atoms with Crippen molar-refractivity contribution in [1.82, 2.24) is 5.32 Å². The molecular weight excluding hydrogens is 297 g/mol. The summed E-state index contributed by atoms with van der Waals surface area (Å²) in [5.41, 5.74) is 0.155. The molecule has 23 heavy (non-hydrogen) atoms. The molecule has 1 aliphatic rings. The van der Waals surface area contributed by atoms with E-state index in [0.29, 0.717) is 18.7 Å². The van der Waals surface area contributed by atoms with Crippen LogP contribution in [0.3, 0.4) is 0 Å². The van der Waals surface area contributed by atoms with Crippen molar-refractivity contribution in [1.29, 1.82) is 5.26 Å². The molecule has 2 rings (SSSR count). The van der Waals surface area contributed by atoms with Crippen LogP contribution in [0.2, 0.25) is 0 Å². The van der Waals surface area contributed by atoms with Crippen LogP contribution in [0.1, 0.15) is 27.2 Å². The number of rotatable bonds is 3. The summed E-state index contributed by atoms with van der Waals surface area (Å²) in [6.07, 6.45) is 0.379. The van der Waals surface area contributed by atoms with Crippen molar-refractivity contribution in [2.75, 3.05) is 11.4 Å². The van der Waals surface area contributed by atoms with Crippen LogP contribution in [0, 0.1) is 28.5 Å². The number of nitriles is 1. The number of carbonyl (C=O) groups is 2. The summed E-state index contributed by atoms with van der Waals surface area (Å²) in [4.78, 5) is 26.2. The van der Waals surface area contributed by atoms with Crippen molar-refractivity contribution >= 4 is 17.5 Å². The van der Waals surface area contributed by atoms with Gasteiger partial charge in [0.15, 0.2) is 0 Å². The molecule has 1 aliphatic heterocycles. The number of hydrogen-bond donors (Lipinski definition) is 1. The van der Waals surface area contributed by atoms with Gasteiger partial charge in [0, 0.05) is 12.2 Å². The second-order valence-electron chi connectivity index (χ2n) is 6.74. The fourth-order valence-corrected chi connectivity index (χ4v) is 2.49. The maximum atomic E-state index is 13.0. The van der Waals surface area contributed by atoms with Gasteiger partial charge in [0.2, 0.25) is 11.8 Å². The molecule has 0 saturated carbocycles. The van der Waals surface area contributed by atoms with Gasteiger partial charge in [-0.2, -0.15) is 5.26 Å². The minimum atomic E-state index is -0.807. The van der Waals surface area contributed by atoms with E-state index in [1.165, 1.54) is 29.2 Å². The predicted molar refractivity (Wildman–Crippen MR) is 83.9 cm³/mol. The first kappa shape index (κ1) is 16.9. The quantitative estimate of drug-likeness (QED) is 0.869. The van der Waals surface area contributed by atoms with Gasteiger partial charge in [-0.15, -0.1) is 0 Å². The Kier molecular flexibility index (Phi) is 4.69. The molecule has 1 N–H and O–H groups in total. The van der Waals surface area contributed by atoms with Gasteiger partial charge in [0.25, 0.3) is 0 Å². The molecular formula is C17H20FN3O2. The van der Waals surface area contributed by atoms with Crippen LogP contribution < -0.4 is 10.2 Å². The smallest absolute Gasteiger partial charge is 0.239 e. The van der Waals surface area contributed by atoms with E-state index in [2.05, 4.69) is 11.4 Å². The van der Waals surface area contributed by atoms with Crippen LogP contribution in [0.5, 0.6) is 0 Å². The van der Waals surface area contributed by atoms with Crippen LogP contribution in [0.15, 0.2) is 24.3 Å². The van der Waals surface area contributed by atoms with Crippen molar-refractivity contribution in [3.05, 3.63) is 30.1 Å². The minimum Gasteiger partial charge on any atom is -0.339 e. The van der Waals surface area contributed by atoms with Crippen LogP contribution in [0.25, 0.3) is 0 Å². The molecule has 0 radical (unpaired) electrons. The average molecular weight is 317 g/mol. The Morgan fingerprint density at radius 2 is 2.00 bits per heavy atom. The number of carbonyl (C=O) groups excluding carboxylic acids is 2. The van der Waals surface area contributed by atoms with Gasteiger partial charge in [-0.1, -0.05) is 20.8 Å². The molecule has 6 heteroatoms. The average Bonchev–Trinajstić information content (AvgIpc) is 2.86. The minimum absolute atomic E-state index is 0.320. The molecule has 1 fully saturated rings. The number of halogens is 1. The Hall–Kier alpha value is -2.42. The lowest BCUT2D eigenvalue weighted by molar-refractivity contribution is -0.132. The molecule has 1 saturated heterocycles. The van der Waals surface area contributed by atoms with Gasteiger partial charge in [-0.25, -0.2) is 4.39 Å². The summed E-state index contributed by atoms with van der Waals surface area (Å²) in [5.74, 6) is -1.93. The van der Waals surface area contributed by atoms with E-state index in [1.54, 1.807) is 0 Å². The molecule has 0 aliphatic carbocycles. The number of anilines is 1. The number of nitrogens with one attached hydrogen (secondary N) is 1. The van der Waals surface area contributed by atoms with Crippen molar-refractivity contribution in [3.63, 3.8) is 0 Å². The Labute approximate surface area is 135 Å². The zero-order valence-corrected chi connectivity index (χ0v) is 13.5. The molecule has 1 heterocycles. The Balaban J connectivity index is 2.08. The maximum absolute atomic E-state index is 13.0. The third-order valence-electron chi connectivity index (χ3n) is 3.94. The molecule has 0 spiro atoms. The zero-order chi connectivity index (χ0) is 17.2. The van der Waals surface area contributed by atoms with Crippen LogP contribution >= 0.6 is 0 Å². The van der Waals surface area contributed by atoms with E-state index in [9.17, 15) is 19.2 Å². The lowest BCUT2D eigenvalue weighted by Gasteiger charge is -2.26. The molecule has 5 nitrogen and oxygen atoms in total. The Morgan fingerprint density at radius 1 is 1.39 bits per heavy atom. The van der Waals surface area contributed by atoms with Crippen LogP contribution in [-0.4, -0.2) is 24.4 Å². The highest BCUT2D eigenvalue weighted by Crippen LogP contribution is 2.26. The van der Waals surface area contributed by atoms with E-state index >= 15 is 0 Å². The lowest BCUT2D eigenvalue weighted by Crippen LogP contribution is -2.46. The topological polar surface area (TPSA) is 73.2 Å². The standard InChI is InChI=1S/C17H20FN3O2/c1-17(2,3)14(10-19)20-15(22)13-8-9-21(16(13)23)12-6-4-11(18)5-7-12/h4-7,13-14H,8-9H2,1-3H3,(H,20,22). The van der Waals surface area contributed by atoms with Crippen LogP contribution in [-0.2, 0) is 9.59 Å². The van der Waals surface area contributed by atoms with Crippen molar-refractivity contribution < 1.29 is 14.0 Å². The molecule has 0 aromatic heterocycles. The summed E-state index contributed by atoms with van der Waals surface area (Å²) in [6.45, 7) is 5.95. The molecule has 2 unspecified atom stereocenters.